The third kappa shape index (κ3) is 2.81. The minimum absolute atomic E-state index is 0.407. The first-order valence-corrected chi connectivity index (χ1v) is 8.12. The fourth-order valence-electron chi connectivity index (χ4n) is 3.12. The van der Waals surface area contributed by atoms with E-state index in [-0.39, 0.29) is 0 Å². The summed E-state index contributed by atoms with van der Waals surface area (Å²) < 4.78 is 5.66. The molecule has 3 nitrogen and oxygen atoms in total. The molecule has 1 aliphatic carbocycles. The van der Waals surface area contributed by atoms with Gasteiger partial charge in [0.15, 0.2) is 5.82 Å². The van der Waals surface area contributed by atoms with Gasteiger partial charge in [-0.2, -0.15) is 0 Å². The Kier molecular flexibility index (Phi) is 5.27. The quantitative estimate of drug-likeness (QED) is 0.708. The van der Waals surface area contributed by atoms with Crippen molar-refractivity contribution in [2.75, 3.05) is 7.11 Å². The fourth-order valence-corrected chi connectivity index (χ4v) is 3.81. The highest BCUT2D eigenvalue weighted by atomic mass is 35.5. The van der Waals surface area contributed by atoms with Crippen LogP contribution in [0.1, 0.15) is 69.7 Å². The van der Waals surface area contributed by atoms with Gasteiger partial charge in [0.2, 0.25) is 0 Å². The Morgan fingerprint density at radius 3 is 2.00 bits per heavy atom. The van der Waals surface area contributed by atoms with Crippen LogP contribution in [0.4, 0.5) is 0 Å². The van der Waals surface area contributed by atoms with Gasteiger partial charge in [0.25, 0.3) is 0 Å². The molecule has 1 aromatic heterocycles. The van der Waals surface area contributed by atoms with E-state index in [4.69, 9.17) is 27.9 Å². The second-order valence-electron chi connectivity index (χ2n) is 5.43. The molecule has 1 saturated carbocycles. The summed E-state index contributed by atoms with van der Waals surface area (Å²) in [6, 6.07) is 0. The number of halogens is 2. The molecule has 1 aromatic rings. The number of hydrogen-bond donors (Lipinski definition) is 0. The Morgan fingerprint density at radius 2 is 1.60 bits per heavy atom. The molecule has 0 amide bonds. The highest BCUT2D eigenvalue weighted by Gasteiger charge is 2.34. The van der Waals surface area contributed by atoms with Crippen LogP contribution in [0.5, 0.6) is 0 Å². The lowest BCUT2D eigenvalue weighted by atomic mass is 9.95. The zero-order valence-electron chi connectivity index (χ0n) is 12.4. The van der Waals surface area contributed by atoms with Gasteiger partial charge < -0.3 is 4.74 Å². The molecular formula is C15H22Cl2N2O. The van der Waals surface area contributed by atoms with E-state index in [2.05, 4.69) is 23.8 Å². The van der Waals surface area contributed by atoms with Crippen molar-refractivity contribution in [1.82, 2.24) is 9.97 Å². The molecule has 0 atom stereocenters. The predicted molar refractivity (Wildman–Crippen MR) is 82.5 cm³/mol. The molecule has 0 aliphatic heterocycles. The molecule has 0 saturated heterocycles. The molecule has 20 heavy (non-hydrogen) atoms. The molecule has 0 spiro atoms. The van der Waals surface area contributed by atoms with Crippen molar-refractivity contribution in [3.8, 4) is 0 Å². The lowest BCUT2D eigenvalue weighted by Gasteiger charge is -2.29. The fraction of sp³-hybridized carbons (Fsp3) is 0.733. The normalized spacial score (nSPS) is 16.9. The van der Waals surface area contributed by atoms with Gasteiger partial charge in [0.1, 0.15) is 15.9 Å². The van der Waals surface area contributed by atoms with Crippen molar-refractivity contribution in [3.63, 3.8) is 0 Å². The maximum Gasteiger partial charge on any atom is 0.163 e. The van der Waals surface area contributed by atoms with Gasteiger partial charge in [0.05, 0.1) is 0 Å². The molecule has 2 rings (SSSR count). The molecule has 0 bridgehead atoms. The van der Waals surface area contributed by atoms with E-state index in [1.54, 1.807) is 7.11 Å². The first-order valence-electron chi connectivity index (χ1n) is 7.36. The van der Waals surface area contributed by atoms with Gasteiger partial charge in [0, 0.05) is 12.7 Å². The van der Waals surface area contributed by atoms with Crippen LogP contribution in [0.15, 0.2) is 0 Å². The van der Waals surface area contributed by atoms with E-state index >= 15 is 0 Å². The van der Waals surface area contributed by atoms with Crippen molar-refractivity contribution in [3.05, 3.63) is 21.7 Å². The molecule has 5 heteroatoms. The highest BCUT2D eigenvalue weighted by molar-refractivity contribution is 6.34. The lowest BCUT2D eigenvalue weighted by Crippen LogP contribution is -2.30. The second kappa shape index (κ2) is 6.59. The first kappa shape index (κ1) is 16.0. The minimum Gasteiger partial charge on any atom is -0.370 e. The zero-order chi connectivity index (χ0) is 14.8. The molecule has 1 aliphatic rings. The van der Waals surface area contributed by atoms with Crippen LogP contribution in [0, 0.1) is 0 Å². The largest absolute Gasteiger partial charge is 0.370 e. The van der Waals surface area contributed by atoms with E-state index in [1.165, 1.54) is 12.8 Å². The summed E-state index contributed by atoms with van der Waals surface area (Å²) in [5.74, 6) is 1.01. The summed E-state index contributed by atoms with van der Waals surface area (Å²) in [6.07, 6.45) is 6.28. The van der Waals surface area contributed by atoms with Crippen LogP contribution in [0.3, 0.4) is 0 Å². The summed E-state index contributed by atoms with van der Waals surface area (Å²) in [4.78, 5) is 9.02. The van der Waals surface area contributed by atoms with E-state index in [9.17, 15) is 0 Å². The maximum atomic E-state index is 6.40. The lowest BCUT2D eigenvalue weighted by molar-refractivity contribution is -0.0291. The highest BCUT2D eigenvalue weighted by Crippen LogP contribution is 2.41. The van der Waals surface area contributed by atoms with Crippen LogP contribution < -0.4 is 0 Å². The average molecular weight is 317 g/mol. The molecule has 0 N–H and O–H groups in total. The van der Waals surface area contributed by atoms with Crippen LogP contribution in [0.25, 0.3) is 0 Å². The van der Waals surface area contributed by atoms with Crippen molar-refractivity contribution >= 4 is 23.2 Å². The Labute approximate surface area is 131 Å². The number of aromatic nitrogens is 2. The average Bonchev–Trinajstić information content (AvgIpc) is 2.94. The van der Waals surface area contributed by atoms with Crippen LogP contribution >= 0.6 is 23.2 Å². The van der Waals surface area contributed by atoms with Crippen molar-refractivity contribution in [2.45, 2.75) is 63.9 Å². The topological polar surface area (TPSA) is 35.0 Å². The van der Waals surface area contributed by atoms with Gasteiger partial charge in [-0.05, 0) is 31.6 Å². The number of ether oxygens (including phenoxy) is 1. The van der Waals surface area contributed by atoms with E-state index in [0.29, 0.717) is 22.0 Å². The smallest absolute Gasteiger partial charge is 0.163 e. The van der Waals surface area contributed by atoms with E-state index in [0.717, 1.165) is 31.2 Å². The van der Waals surface area contributed by atoms with Gasteiger partial charge in [-0.15, -0.1) is 0 Å². The first-order chi connectivity index (χ1) is 9.57. The third-order valence-electron chi connectivity index (χ3n) is 4.56. The number of rotatable bonds is 5. The van der Waals surface area contributed by atoms with Gasteiger partial charge in [-0.3, -0.25) is 0 Å². The molecule has 1 fully saturated rings. The number of methoxy groups -OCH3 is 1. The molecule has 0 radical (unpaired) electrons. The summed E-state index contributed by atoms with van der Waals surface area (Å²) in [7, 11) is 1.68. The summed E-state index contributed by atoms with van der Waals surface area (Å²) >= 11 is 12.8. The number of hydrogen-bond acceptors (Lipinski definition) is 3. The summed E-state index contributed by atoms with van der Waals surface area (Å²) in [5.41, 5.74) is 0.424. The predicted octanol–water partition coefficient (Wildman–Crippen LogP) is 5.10. The maximum absolute atomic E-state index is 6.40. The Bertz CT molecular complexity index is 438. The summed E-state index contributed by atoms with van der Waals surface area (Å²) in [6.45, 7) is 4.12. The number of nitrogens with zero attached hydrogens (tertiary/aromatic N) is 2. The van der Waals surface area contributed by atoms with E-state index in [1.807, 2.05) is 0 Å². The summed E-state index contributed by atoms with van der Waals surface area (Å²) in [5, 5.41) is 0.991. The molecule has 0 unspecified atom stereocenters. The minimum atomic E-state index is -0.499. The second-order valence-corrected chi connectivity index (χ2v) is 6.15. The molecule has 112 valence electrons. The van der Waals surface area contributed by atoms with Crippen LogP contribution in [-0.2, 0) is 10.3 Å². The zero-order valence-corrected chi connectivity index (χ0v) is 13.9. The van der Waals surface area contributed by atoms with Gasteiger partial charge in [-0.1, -0.05) is 49.9 Å². The van der Waals surface area contributed by atoms with Gasteiger partial charge in [-0.25, -0.2) is 9.97 Å². The Morgan fingerprint density at radius 1 is 1.10 bits per heavy atom. The van der Waals surface area contributed by atoms with Crippen molar-refractivity contribution in [2.24, 2.45) is 0 Å². The molecule has 1 heterocycles. The molecular weight excluding hydrogens is 295 g/mol. The Balaban J connectivity index is 2.43. The van der Waals surface area contributed by atoms with E-state index < -0.39 is 5.60 Å². The Hall–Kier alpha value is -0.380. The van der Waals surface area contributed by atoms with Crippen molar-refractivity contribution in [1.29, 1.82) is 0 Å². The van der Waals surface area contributed by atoms with Crippen LogP contribution in [0.2, 0.25) is 10.3 Å². The molecule has 0 aromatic carbocycles. The van der Waals surface area contributed by atoms with Crippen molar-refractivity contribution < 1.29 is 4.74 Å². The standard InChI is InChI=1S/C15H22Cl2N2O/c1-4-15(5-2,20-3)14-18-12(16)11(13(17)19-14)10-8-6-7-9-10/h10H,4-9H2,1-3H3. The van der Waals surface area contributed by atoms with Gasteiger partial charge >= 0.3 is 0 Å². The monoisotopic (exact) mass is 316 g/mol. The SMILES string of the molecule is CCC(CC)(OC)c1nc(Cl)c(C2CCCC2)c(Cl)n1. The third-order valence-corrected chi connectivity index (χ3v) is 5.13. The van der Waals surface area contributed by atoms with Crippen LogP contribution in [-0.4, -0.2) is 17.1 Å².